The molecule has 0 unspecified atom stereocenters. The van der Waals surface area contributed by atoms with Gasteiger partial charge < -0.3 is 4.74 Å². The Balaban J connectivity index is 2.07. The lowest BCUT2D eigenvalue weighted by molar-refractivity contribution is -0.128. The third-order valence-corrected chi connectivity index (χ3v) is 2.89. The summed E-state index contributed by atoms with van der Waals surface area (Å²) < 4.78 is 5.19. The number of alkyl halides is 1. The van der Waals surface area contributed by atoms with Gasteiger partial charge in [-0.3, -0.25) is 9.69 Å². The van der Waals surface area contributed by atoms with Crippen LogP contribution in [0.1, 0.15) is 5.56 Å². The van der Waals surface area contributed by atoms with Crippen LogP contribution < -0.4 is 0 Å². The molecule has 1 amide bonds. The van der Waals surface area contributed by atoms with Crippen LogP contribution >= 0.6 is 15.9 Å². The molecule has 0 N–H and O–H groups in total. The van der Waals surface area contributed by atoms with E-state index in [4.69, 9.17) is 4.74 Å². The van der Waals surface area contributed by atoms with Gasteiger partial charge in [-0.1, -0.05) is 46.3 Å². The lowest BCUT2D eigenvalue weighted by Gasteiger charge is -2.16. The van der Waals surface area contributed by atoms with E-state index in [9.17, 15) is 4.79 Å². The van der Waals surface area contributed by atoms with Crippen molar-refractivity contribution in [2.24, 2.45) is 0 Å². The highest BCUT2D eigenvalue weighted by Gasteiger charge is 2.22. The van der Waals surface area contributed by atoms with Crippen LogP contribution in [0.15, 0.2) is 42.3 Å². The first kappa shape index (κ1) is 11.2. The minimum atomic E-state index is 0.0275. The highest BCUT2D eigenvalue weighted by molar-refractivity contribution is 9.09. The zero-order valence-corrected chi connectivity index (χ0v) is 10.3. The fourth-order valence-corrected chi connectivity index (χ4v) is 1.90. The van der Waals surface area contributed by atoms with Gasteiger partial charge in [0.25, 0.3) is 0 Å². The second-order valence-corrected chi connectivity index (χ2v) is 4.08. The monoisotopic (exact) mass is 281 g/mol. The summed E-state index contributed by atoms with van der Waals surface area (Å²) in [6, 6.07) is 10.0. The zero-order valence-electron chi connectivity index (χ0n) is 8.73. The predicted octanol–water partition coefficient (Wildman–Crippen LogP) is 2.28. The van der Waals surface area contributed by atoms with E-state index >= 15 is 0 Å². The van der Waals surface area contributed by atoms with E-state index in [1.807, 2.05) is 30.3 Å². The minimum Gasteiger partial charge on any atom is -0.478 e. The van der Waals surface area contributed by atoms with E-state index < -0.39 is 0 Å². The molecule has 4 heteroatoms. The van der Waals surface area contributed by atoms with Gasteiger partial charge in [0.15, 0.2) is 6.73 Å². The lowest BCUT2D eigenvalue weighted by Crippen LogP contribution is -2.29. The van der Waals surface area contributed by atoms with Gasteiger partial charge in [0.2, 0.25) is 5.91 Å². The van der Waals surface area contributed by atoms with Crippen LogP contribution in [-0.4, -0.2) is 22.9 Å². The Morgan fingerprint density at radius 3 is 2.81 bits per heavy atom. The summed E-state index contributed by atoms with van der Waals surface area (Å²) in [6.07, 6.45) is 2.38. The molecule has 0 fully saturated rings. The highest BCUT2D eigenvalue weighted by Crippen LogP contribution is 2.18. The van der Waals surface area contributed by atoms with Crippen molar-refractivity contribution in [3.05, 3.63) is 47.9 Å². The zero-order chi connectivity index (χ0) is 11.4. The molecule has 1 heterocycles. The molecule has 0 radical (unpaired) electrons. The van der Waals surface area contributed by atoms with Crippen LogP contribution in [0.25, 0.3) is 0 Å². The Bertz CT molecular complexity index is 403. The summed E-state index contributed by atoms with van der Waals surface area (Å²) in [7, 11) is 0. The summed E-state index contributed by atoms with van der Waals surface area (Å²) in [4.78, 5) is 13.2. The maximum atomic E-state index is 11.6. The van der Waals surface area contributed by atoms with E-state index in [2.05, 4.69) is 15.9 Å². The molecule has 1 aliphatic rings. The smallest absolute Gasteiger partial charge is 0.240 e. The third-order valence-electron chi connectivity index (χ3n) is 2.41. The molecular formula is C12H12BrNO2. The number of amides is 1. The van der Waals surface area contributed by atoms with E-state index in [-0.39, 0.29) is 5.91 Å². The molecular weight excluding hydrogens is 270 g/mol. The van der Waals surface area contributed by atoms with Gasteiger partial charge in [0, 0.05) is 6.42 Å². The van der Waals surface area contributed by atoms with E-state index in [1.54, 1.807) is 11.2 Å². The number of carbonyl (C=O) groups excluding carboxylic acids is 1. The number of hydrogen-bond acceptors (Lipinski definition) is 2. The number of allylic oxidation sites excluding steroid dienone is 1. The Morgan fingerprint density at radius 2 is 2.12 bits per heavy atom. The SMILES string of the molecule is O=C(CBr)N1COC=C1Cc1ccccc1. The Hall–Kier alpha value is -1.29. The standard InChI is InChI=1S/C12H12BrNO2/c13-7-12(15)14-9-16-8-11(14)6-10-4-2-1-3-5-10/h1-5,8H,6-7,9H2. The fourth-order valence-electron chi connectivity index (χ4n) is 1.60. The number of ether oxygens (including phenoxy) is 1. The van der Waals surface area contributed by atoms with Crippen LogP contribution in [0.5, 0.6) is 0 Å². The molecule has 84 valence electrons. The van der Waals surface area contributed by atoms with Gasteiger partial charge in [-0.2, -0.15) is 0 Å². The number of nitrogens with zero attached hydrogens (tertiary/aromatic N) is 1. The Labute approximate surface area is 103 Å². The molecule has 1 aromatic rings. The molecule has 0 spiro atoms. The van der Waals surface area contributed by atoms with Crippen molar-refractivity contribution in [3.8, 4) is 0 Å². The fraction of sp³-hybridized carbons (Fsp3) is 0.250. The third kappa shape index (κ3) is 2.44. The number of rotatable bonds is 3. The Morgan fingerprint density at radius 1 is 1.38 bits per heavy atom. The first-order valence-electron chi connectivity index (χ1n) is 5.02. The van der Waals surface area contributed by atoms with Gasteiger partial charge in [-0.15, -0.1) is 0 Å². The number of benzene rings is 1. The summed E-state index contributed by atoms with van der Waals surface area (Å²) >= 11 is 3.16. The second-order valence-electron chi connectivity index (χ2n) is 3.52. The van der Waals surface area contributed by atoms with Gasteiger partial charge in [0.1, 0.15) is 6.26 Å². The van der Waals surface area contributed by atoms with Crippen molar-refractivity contribution >= 4 is 21.8 Å². The van der Waals surface area contributed by atoms with Gasteiger partial charge >= 0.3 is 0 Å². The van der Waals surface area contributed by atoms with E-state index in [1.165, 1.54) is 5.56 Å². The summed E-state index contributed by atoms with van der Waals surface area (Å²) in [5.41, 5.74) is 2.09. The first-order valence-corrected chi connectivity index (χ1v) is 6.14. The van der Waals surface area contributed by atoms with E-state index in [0.29, 0.717) is 12.1 Å². The molecule has 1 aromatic carbocycles. The number of halogens is 1. The Kier molecular flexibility index (Phi) is 3.62. The van der Waals surface area contributed by atoms with Crippen molar-refractivity contribution in [2.45, 2.75) is 6.42 Å². The van der Waals surface area contributed by atoms with Crippen molar-refractivity contribution in [1.82, 2.24) is 4.90 Å². The van der Waals surface area contributed by atoms with Crippen LogP contribution in [0, 0.1) is 0 Å². The number of hydrogen-bond donors (Lipinski definition) is 0. The largest absolute Gasteiger partial charge is 0.478 e. The summed E-state index contributed by atoms with van der Waals surface area (Å²) in [5.74, 6) is 0.0275. The molecule has 0 bridgehead atoms. The molecule has 16 heavy (non-hydrogen) atoms. The van der Waals surface area contributed by atoms with Crippen LogP contribution in [0.4, 0.5) is 0 Å². The molecule has 0 aromatic heterocycles. The lowest BCUT2D eigenvalue weighted by atomic mass is 10.1. The van der Waals surface area contributed by atoms with E-state index in [0.717, 1.165) is 12.1 Å². The second kappa shape index (κ2) is 5.16. The average molecular weight is 282 g/mol. The highest BCUT2D eigenvalue weighted by atomic mass is 79.9. The summed E-state index contributed by atoms with van der Waals surface area (Å²) in [5, 5.41) is 0.322. The van der Waals surface area contributed by atoms with Crippen LogP contribution in [0.3, 0.4) is 0 Å². The molecule has 0 atom stereocenters. The molecule has 0 aliphatic carbocycles. The van der Waals surface area contributed by atoms with Crippen LogP contribution in [-0.2, 0) is 16.0 Å². The molecule has 2 rings (SSSR count). The number of carbonyl (C=O) groups is 1. The van der Waals surface area contributed by atoms with Crippen molar-refractivity contribution in [2.75, 3.05) is 12.1 Å². The average Bonchev–Trinajstić information content (AvgIpc) is 2.77. The molecule has 3 nitrogen and oxygen atoms in total. The topological polar surface area (TPSA) is 29.5 Å². The van der Waals surface area contributed by atoms with Crippen molar-refractivity contribution in [3.63, 3.8) is 0 Å². The van der Waals surface area contributed by atoms with Crippen LogP contribution in [0.2, 0.25) is 0 Å². The van der Waals surface area contributed by atoms with Gasteiger partial charge in [-0.05, 0) is 5.56 Å². The summed E-state index contributed by atoms with van der Waals surface area (Å²) in [6.45, 7) is 0.326. The molecule has 0 saturated heterocycles. The minimum absolute atomic E-state index is 0.0275. The van der Waals surface area contributed by atoms with Gasteiger partial charge in [-0.25, -0.2) is 0 Å². The molecule has 0 saturated carbocycles. The first-order chi connectivity index (χ1) is 7.81. The molecule has 1 aliphatic heterocycles. The van der Waals surface area contributed by atoms with Crippen molar-refractivity contribution in [1.29, 1.82) is 0 Å². The quantitative estimate of drug-likeness (QED) is 0.796. The normalized spacial score (nSPS) is 14.6. The van der Waals surface area contributed by atoms with Gasteiger partial charge in [0.05, 0.1) is 11.0 Å². The maximum absolute atomic E-state index is 11.6. The predicted molar refractivity (Wildman–Crippen MR) is 64.8 cm³/mol. The maximum Gasteiger partial charge on any atom is 0.240 e. The van der Waals surface area contributed by atoms with Crippen molar-refractivity contribution < 1.29 is 9.53 Å².